The van der Waals surface area contributed by atoms with Crippen molar-refractivity contribution >= 4 is 29.1 Å². The van der Waals surface area contributed by atoms with Crippen LogP contribution in [0, 0.1) is 6.92 Å². The number of aromatic nitrogens is 4. The molecule has 0 spiro atoms. The van der Waals surface area contributed by atoms with Crippen molar-refractivity contribution in [1.29, 1.82) is 0 Å². The van der Waals surface area contributed by atoms with Crippen molar-refractivity contribution in [2.24, 2.45) is 0 Å². The van der Waals surface area contributed by atoms with Gasteiger partial charge in [0, 0.05) is 12.2 Å². The molecule has 0 aliphatic rings. The number of hydrogen-bond donors (Lipinski definition) is 1. The van der Waals surface area contributed by atoms with E-state index >= 15 is 0 Å². The van der Waals surface area contributed by atoms with Gasteiger partial charge in [-0.3, -0.25) is 9.48 Å². The Balaban J connectivity index is 2.13. The lowest BCUT2D eigenvalue weighted by Gasteiger charge is -1.99. The number of carboxylic acid groups (broad SMARTS) is 1. The van der Waals surface area contributed by atoms with Gasteiger partial charge in [-0.05, 0) is 19.4 Å². The maximum atomic E-state index is 10.5. The average molecular weight is 298 g/mol. The Morgan fingerprint density at radius 2 is 2.32 bits per heavy atom. The number of aliphatic carboxylic acids is 1. The van der Waals surface area contributed by atoms with E-state index in [4.69, 9.17) is 5.11 Å². The number of thioether (sulfide) groups is 1. The Labute approximate surface area is 118 Å². The van der Waals surface area contributed by atoms with E-state index in [2.05, 4.69) is 22.2 Å². The van der Waals surface area contributed by atoms with Gasteiger partial charge in [0.15, 0.2) is 9.35 Å². The van der Waals surface area contributed by atoms with Gasteiger partial charge in [0.2, 0.25) is 0 Å². The molecule has 0 radical (unpaired) electrons. The molecule has 0 bridgehead atoms. The summed E-state index contributed by atoms with van der Waals surface area (Å²) in [6.07, 6.45) is 1.03. The fourth-order valence-electron chi connectivity index (χ4n) is 1.55. The Hall–Kier alpha value is -1.41. The minimum absolute atomic E-state index is 0.00205. The zero-order valence-corrected chi connectivity index (χ0v) is 12.3. The number of aryl methyl sites for hydroxylation is 2. The highest BCUT2D eigenvalue weighted by molar-refractivity contribution is 8.01. The molecule has 2 rings (SSSR count). The third kappa shape index (κ3) is 3.54. The maximum absolute atomic E-state index is 10.5. The van der Waals surface area contributed by atoms with Gasteiger partial charge in [-0.1, -0.05) is 30.0 Å². The average Bonchev–Trinajstić information content (AvgIpc) is 2.95. The van der Waals surface area contributed by atoms with Crippen LogP contribution in [-0.4, -0.2) is 36.8 Å². The van der Waals surface area contributed by atoms with Gasteiger partial charge >= 0.3 is 5.97 Å². The summed E-state index contributed by atoms with van der Waals surface area (Å²) in [6.45, 7) is 4.99. The minimum atomic E-state index is -0.857. The summed E-state index contributed by atoms with van der Waals surface area (Å²) in [6, 6.07) is 1.97. The molecule has 0 aliphatic carbocycles. The van der Waals surface area contributed by atoms with E-state index < -0.39 is 5.97 Å². The molecule has 2 aromatic rings. The van der Waals surface area contributed by atoms with Crippen LogP contribution in [0.3, 0.4) is 0 Å². The maximum Gasteiger partial charge on any atom is 0.313 e. The summed E-state index contributed by atoms with van der Waals surface area (Å²) in [7, 11) is 0. The van der Waals surface area contributed by atoms with E-state index in [0.29, 0.717) is 4.34 Å². The molecule has 2 heterocycles. The Morgan fingerprint density at radius 3 is 3.00 bits per heavy atom. The Kier molecular flexibility index (Phi) is 4.54. The van der Waals surface area contributed by atoms with Crippen molar-refractivity contribution in [1.82, 2.24) is 20.0 Å². The predicted molar refractivity (Wildman–Crippen MR) is 74.5 cm³/mol. The molecule has 19 heavy (non-hydrogen) atoms. The number of carboxylic acids is 1. The zero-order chi connectivity index (χ0) is 13.8. The Bertz CT molecular complexity index is 579. The highest BCUT2D eigenvalue weighted by Crippen LogP contribution is 2.28. The summed E-state index contributed by atoms with van der Waals surface area (Å²) in [5.74, 6) is -0.859. The highest BCUT2D eigenvalue weighted by atomic mass is 32.2. The summed E-state index contributed by atoms with van der Waals surface area (Å²) < 4.78 is 2.60. The molecular weight excluding hydrogens is 284 g/mol. The molecule has 0 aromatic carbocycles. The molecule has 8 heteroatoms. The van der Waals surface area contributed by atoms with Crippen LogP contribution in [0.4, 0.5) is 0 Å². The van der Waals surface area contributed by atoms with Crippen molar-refractivity contribution in [3.63, 3.8) is 0 Å². The topological polar surface area (TPSA) is 80.9 Å². The number of hydrogen-bond acceptors (Lipinski definition) is 6. The van der Waals surface area contributed by atoms with Gasteiger partial charge < -0.3 is 5.11 Å². The van der Waals surface area contributed by atoms with E-state index in [1.165, 1.54) is 23.1 Å². The normalized spacial score (nSPS) is 10.8. The summed E-state index contributed by atoms with van der Waals surface area (Å²) in [5.41, 5.74) is 1.89. The van der Waals surface area contributed by atoms with Crippen LogP contribution in [0.5, 0.6) is 0 Å². The second-order valence-electron chi connectivity index (χ2n) is 3.95. The van der Waals surface area contributed by atoms with Gasteiger partial charge in [0.05, 0.1) is 5.75 Å². The largest absolute Gasteiger partial charge is 0.481 e. The van der Waals surface area contributed by atoms with Crippen molar-refractivity contribution in [3.05, 3.63) is 11.8 Å². The second kappa shape index (κ2) is 6.16. The van der Waals surface area contributed by atoms with Crippen molar-refractivity contribution in [2.45, 2.75) is 31.2 Å². The fourth-order valence-corrected chi connectivity index (χ4v) is 3.08. The molecule has 6 nitrogen and oxygen atoms in total. The Morgan fingerprint density at radius 1 is 1.53 bits per heavy atom. The van der Waals surface area contributed by atoms with Crippen molar-refractivity contribution in [3.8, 4) is 10.7 Å². The molecule has 0 saturated carbocycles. The van der Waals surface area contributed by atoms with Crippen LogP contribution < -0.4 is 0 Å². The lowest BCUT2D eigenvalue weighted by atomic mass is 10.4. The first-order valence-electron chi connectivity index (χ1n) is 5.83. The monoisotopic (exact) mass is 298 g/mol. The third-order valence-corrected chi connectivity index (χ3v) is 4.43. The molecule has 0 aliphatic heterocycles. The van der Waals surface area contributed by atoms with E-state index in [1.807, 2.05) is 17.7 Å². The molecule has 0 saturated heterocycles. The van der Waals surface area contributed by atoms with Crippen LogP contribution in [0.2, 0.25) is 0 Å². The number of nitrogens with zero attached hydrogens (tertiary/aromatic N) is 4. The lowest BCUT2D eigenvalue weighted by molar-refractivity contribution is -0.133. The van der Waals surface area contributed by atoms with Gasteiger partial charge in [0.1, 0.15) is 5.69 Å². The second-order valence-corrected chi connectivity index (χ2v) is 6.15. The van der Waals surface area contributed by atoms with Crippen molar-refractivity contribution < 1.29 is 9.90 Å². The molecule has 102 valence electrons. The molecule has 2 aromatic heterocycles. The number of carbonyl (C=O) groups is 1. The molecule has 0 amide bonds. The van der Waals surface area contributed by atoms with Crippen LogP contribution in [-0.2, 0) is 11.3 Å². The minimum Gasteiger partial charge on any atom is -0.481 e. The van der Waals surface area contributed by atoms with Crippen LogP contribution in [0.1, 0.15) is 19.0 Å². The molecular formula is C11H14N4O2S2. The van der Waals surface area contributed by atoms with Gasteiger partial charge in [0.25, 0.3) is 0 Å². The van der Waals surface area contributed by atoms with Crippen LogP contribution >= 0.6 is 23.1 Å². The third-order valence-electron chi connectivity index (χ3n) is 2.36. The van der Waals surface area contributed by atoms with E-state index in [-0.39, 0.29) is 5.75 Å². The van der Waals surface area contributed by atoms with Crippen LogP contribution in [0.15, 0.2) is 10.4 Å². The zero-order valence-electron chi connectivity index (χ0n) is 10.7. The smallest absolute Gasteiger partial charge is 0.313 e. The molecule has 0 unspecified atom stereocenters. The first kappa shape index (κ1) is 14.0. The van der Waals surface area contributed by atoms with Gasteiger partial charge in [-0.15, -0.1) is 10.2 Å². The quantitative estimate of drug-likeness (QED) is 0.824. The highest BCUT2D eigenvalue weighted by Gasteiger charge is 2.12. The standard InChI is InChI=1S/C11H14N4O2S2/c1-3-4-15-7(2)5-8(14-15)10-12-13-11(19-10)18-6-9(16)17/h5H,3-4,6H2,1-2H3,(H,16,17). The first-order chi connectivity index (χ1) is 9.10. The summed E-state index contributed by atoms with van der Waals surface area (Å²) in [5, 5.41) is 21.8. The predicted octanol–water partition coefficient (Wildman–Crippen LogP) is 2.30. The number of rotatable bonds is 6. The van der Waals surface area contributed by atoms with E-state index in [9.17, 15) is 4.79 Å². The molecule has 0 fully saturated rings. The molecule has 1 N–H and O–H groups in total. The SMILES string of the molecule is CCCn1nc(-c2nnc(SCC(=O)O)s2)cc1C. The van der Waals surface area contributed by atoms with Gasteiger partial charge in [-0.25, -0.2) is 0 Å². The van der Waals surface area contributed by atoms with Crippen molar-refractivity contribution in [2.75, 3.05) is 5.75 Å². The lowest BCUT2D eigenvalue weighted by Crippen LogP contribution is -2.00. The van der Waals surface area contributed by atoms with E-state index in [1.54, 1.807) is 0 Å². The van der Waals surface area contributed by atoms with E-state index in [0.717, 1.165) is 29.4 Å². The van der Waals surface area contributed by atoms with Gasteiger partial charge in [-0.2, -0.15) is 5.10 Å². The molecule has 0 atom stereocenters. The summed E-state index contributed by atoms with van der Waals surface area (Å²) in [4.78, 5) is 10.5. The summed E-state index contributed by atoms with van der Waals surface area (Å²) >= 11 is 2.55. The van der Waals surface area contributed by atoms with Crippen LogP contribution in [0.25, 0.3) is 10.7 Å². The fraction of sp³-hybridized carbons (Fsp3) is 0.455. The first-order valence-corrected chi connectivity index (χ1v) is 7.63.